The molecule has 0 amide bonds. The van der Waals surface area contributed by atoms with Gasteiger partial charge in [0.25, 0.3) is 5.56 Å². The maximum atomic E-state index is 13.0. The monoisotopic (exact) mass is 486 g/mol. The molecule has 0 saturated carbocycles. The molecule has 184 valence electrons. The largest absolute Gasteiger partial charge is 0.502 e. The van der Waals surface area contributed by atoms with Gasteiger partial charge >= 0.3 is 5.97 Å². The average molecular weight is 487 g/mol. The van der Waals surface area contributed by atoms with Gasteiger partial charge < -0.3 is 19.2 Å². The summed E-state index contributed by atoms with van der Waals surface area (Å²) in [5.74, 6) is -2.02. The third-order valence-electron chi connectivity index (χ3n) is 6.66. The molecule has 0 unspecified atom stereocenters. The lowest BCUT2D eigenvalue weighted by atomic mass is 9.92. The number of aromatic amines is 1. The number of benzene rings is 2. The molecule has 2 aromatic carbocycles. The molecule has 0 fully saturated rings. The molecule has 8 nitrogen and oxygen atoms in total. The number of carbonyl (C=O) groups is 1. The van der Waals surface area contributed by atoms with E-state index in [0.29, 0.717) is 24.4 Å². The van der Waals surface area contributed by atoms with Crippen LogP contribution in [-0.4, -0.2) is 34.6 Å². The van der Waals surface area contributed by atoms with Crippen LogP contribution in [0.5, 0.6) is 5.75 Å². The van der Waals surface area contributed by atoms with Gasteiger partial charge in [0.05, 0.1) is 26.0 Å². The van der Waals surface area contributed by atoms with E-state index < -0.39 is 28.6 Å². The number of H-pyrrole nitrogens is 1. The SMILES string of the molecule is COC(=O)C[C@H](c1oc(CN2CCc3ccccc3C2)cc(=O)c1O)c1cc2ccccc2[nH]c1=O. The number of pyridine rings is 1. The van der Waals surface area contributed by atoms with Crippen molar-refractivity contribution in [2.45, 2.75) is 31.8 Å². The van der Waals surface area contributed by atoms with E-state index >= 15 is 0 Å². The lowest BCUT2D eigenvalue weighted by Crippen LogP contribution is -2.30. The molecule has 1 atom stereocenters. The highest BCUT2D eigenvalue weighted by molar-refractivity contribution is 5.79. The summed E-state index contributed by atoms with van der Waals surface area (Å²) < 4.78 is 10.9. The van der Waals surface area contributed by atoms with Gasteiger partial charge in [-0.25, -0.2) is 0 Å². The molecule has 0 saturated heterocycles. The molecular weight excluding hydrogens is 460 g/mol. The van der Waals surface area contributed by atoms with Crippen molar-refractivity contribution in [1.82, 2.24) is 9.88 Å². The first-order chi connectivity index (χ1) is 17.4. The van der Waals surface area contributed by atoms with Crippen molar-refractivity contribution in [3.05, 3.63) is 109 Å². The van der Waals surface area contributed by atoms with Crippen molar-refractivity contribution in [1.29, 1.82) is 0 Å². The van der Waals surface area contributed by atoms with Crippen LogP contribution in [0.2, 0.25) is 0 Å². The van der Waals surface area contributed by atoms with Crippen LogP contribution in [0.25, 0.3) is 10.9 Å². The summed E-state index contributed by atoms with van der Waals surface area (Å²) in [5.41, 5.74) is 2.28. The van der Waals surface area contributed by atoms with E-state index in [2.05, 4.69) is 22.0 Å². The summed E-state index contributed by atoms with van der Waals surface area (Å²) in [6.07, 6.45) is 0.595. The molecule has 1 aliphatic rings. The Labute approximate surface area is 206 Å². The van der Waals surface area contributed by atoms with E-state index in [1.54, 1.807) is 18.2 Å². The first-order valence-corrected chi connectivity index (χ1v) is 11.8. The lowest BCUT2D eigenvalue weighted by molar-refractivity contribution is -0.140. The summed E-state index contributed by atoms with van der Waals surface area (Å²) in [6.45, 7) is 1.83. The molecule has 0 spiro atoms. The predicted molar refractivity (Wildman–Crippen MR) is 134 cm³/mol. The number of ether oxygens (including phenoxy) is 1. The van der Waals surface area contributed by atoms with Crippen LogP contribution in [0.3, 0.4) is 0 Å². The van der Waals surface area contributed by atoms with Gasteiger partial charge in [-0.3, -0.25) is 19.3 Å². The Morgan fingerprint density at radius 1 is 1.11 bits per heavy atom. The number of aromatic nitrogens is 1. The van der Waals surface area contributed by atoms with E-state index in [4.69, 9.17) is 9.15 Å². The molecule has 2 aromatic heterocycles. The Hall–Kier alpha value is -4.17. The van der Waals surface area contributed by atoms with Crippen molar-refractivity contribution in [2.75, 3.05) is 13.7 Å². The van der Waals surface area contributed by atoms with Gasteiger partial charge in [0, 0.05) is 30.2 Å². The van der Waals surface area contributed by atoms with Gasteiger partial charge in [-0.05, 0) is 35.1 Å². The first-order valence-electron chi connectivity index (χ1n) is 11.8. The normalized spacial score (nSPS) is 14.4. The highest BCUT2D eigenvalue weighted by Crippen LogP contribution is 2.33. The molecule has 2 N–H and O–H groups in total. The van der Waals surface area contributed by atoms with Crippen LogP contribution < -0.4 is 11.0 Å². The molecule has 4 aromatic rings. The zero-order valence-electron chi connectivity index (χ0n) is 19.8. The maximum absolute atomic E-state index is 13.0. The van der Waals surface area contributed by atoms with Crippen molar-refractivity contribution < 1.29 is 19.1 Å². The standard InChI is InChI=1S/C28H26N2O6/c1-35-25(32)14-21(22-12-18-7-4-5-9-23(18)29-28(22)34)27-26(33)24(31)13-20(36-27)16-30-11-10-17-6-2-3-8-19(17)15-30/h2-9,12-13,21,33H,10-11,14-16H2,1H3,(H,29,34)/t21-/m0/s1. The van der Waals surface area contributed by atoms with Gasteiger partial charge in [-0.2, -0.15) is 0 Å². The van der Waals surface area contributed by atoms with Gasteiger partial charge in [-0.1, -0.05) is 42.5 Å². The molecule has 8 heteroatoms. The highest BCUT2D eigenvalue weighted by Gasteiger charge is 2.29. The fourth-order valence-electron chi connectivity index (χ4n) is 4.80. The van der Waals surface area contributed by atoms with E-state index in [-0.39, 0.29) is 17.7 Å². The zero-order chi connectivity index (χ0) is 25.2. The fraction of sp³-hybridized carbons (Fsp3) is 0.250. The van der Waals surface area contributed by atoms with Crippen LogP contribution in [0.15, 0.2) is 74.7 Å². The van der Waals surface area contributed by atoms with Gasteiger partial charge in [-0.15, -0.1) is 0 Å². The lowest BCUT2D eigenvalue weighted by Gasteiger charge is -2.28. The van der Waals surface area contributed by atoms with Crippen LogP contribution >= 0.6 is 0 Å². The summed E-state index contributed by atoms with van der Waals surface area (Å²) >= 11 is 0. The molecule has 0 radical (unpaired) electrons. The van der Waals surface area contributed by atoms with Gasteiger partial charge in [0.15, 0.2) is 5.76 Å². The number of nitrogens with zero attached hydrogens (tertiary/aromatic N) is 1. The summed E-state index contributed by atoms with van der Waals surface area (Å²) in [7, 11) is 1.24. The Kier molecular flexibility index (Phi) is 6.43. The van der Waals surface area contributed by atoms with E-state index in [1.807, 2.05) is 24.3 Å². The number of para-hydroxylation sites is 1. The molecule has 5 rings (SSSR count). The fourth-order valence-corrected chi connectivity index (χ4v) is 4.80. The summed E-state index contributed by atoms with van der Waals surface area (Å²) in [6, 6.07) is 18.4. The number of hydrogen-bond acceptors (Lipinski definition) is 7. The number of nitrogens with one attached hydrogen (secondary N) is 1. The Bertz CT molecular complexity index is 1550. The number of esters is 1. The second-order valence-corrected chi connectivity index (χ2v) is 8.99. The Balaban J connectivity index is 1.55. The molecule has 3 heterocycles. The molecular formula is C28H26N2O6. The number of aromatic hydroxyl groups is 1. The van der Waals surface area contributed by atoms with Crippen molar-refractivity contribution >= 4 is 16.9 Å². The number of fused-ring (bicyclic) bond motifs is 2. The quantitative estimate of drug-likeness (QED) is 0.402. The van der Waals surface area contributed by atoms with Crippen LogP contribution in [-0.2, 0) is 29.0 Å². The average Bonchev–Trinajstić information content (AvgIpc) is 2.89. The van der Waals surface area contributed by atoms with Crippen LogP contribution in [0.1, 0.15) is 40.5 Å². The van der Waals surface area contributed by atoms with E-state index in [1.165, 1.54) is 24.3 Å². The molecule has 0 bridgehead atoms. The Morgan fingerprint density at radius 3 is 2.67 bits per heavy atom. The maximum Gasteiger partial charge on any atom is 0.306 e. The molecule has 36 heavy (non-hydrogen) atoms. The second kappa shape index (κ2) is 9.83. The summed E-state index contributed by atoms with van der Waals surface area (Å²) in [5, 5.41) is 11.4. The third kappa shape index (κ3) is 4.67. The van der Waals surface area contributed by atoms with Crippen LogP contribution in [0, 0.1) is 0 Å². The van der Waals surface area contributed by atoms with Gasteiger partial charge in [0.2, 0.25) is 11.2 Å². The highest BCUT2D eigenvalue weighted by atomic mass is 16.5. The zero-order valence-corrected chi connectivity index (χ0v) is 19.8. The third-order valence-corrected chi connectivity index (χ3v) is 6.66. The predicted octanol–water partition coefficient (Wildman–Crippen LogP) is 3.44. The minimum Gasteiger partial charge on any atom is -0.502 e. The number of rotatable bonds is 6. The molecule has 1 aliphatic heterocycles. The minimum absolute atomic E-state index is 0.124. The molecule has 0 aliphatic carbocycles. The number of hydrogen-bond donors (Lipinski definition) is 2. The topological polar surface area (TPSA) is 113 Å². The minimum atomic E-state index is -1.01. The van der Waals surface area contributed by atoms with Crippen molar-refractivity contribution in [3.8, 4) is 5.75 Å². The number of methoxy groups -OCH3 is 1. The number of carbonyl (C=O) groups excluding carboxylic acids is 1. The van der Waals surface area contributed by atoms with E-state index in [0.717, 1.165) is 18.4 Å². The Morgan fingerprint density at radius 2 is 1.86 bits per heavy atom. The van der Waals surface area contributed by atoms with Crippen molar-refractivity contribution in [2.24, 2.45) is 0 Å². The van der Waals surface area contributed by atoms with E-state index in [9.17, 15) is 19.5 Å². The second-order valence-electron chi connectivity index (χ2n) is 8.99. The summed E-state index contributed by atoms with van der Waals surface area (Å²) in [4.78, 5) is 43.0. The van der Waals surface area contributed by atoms with Crippen LogP contribution in [0.4, 0.5) is 0 Å². The van der Waals surface area contributed by atoms with Gasteiger partial charge in [0.1, 0.15) is 5.76 Å². The smallest absolute Gasteiger partial charge is 0.306 e. The first kappa shape index (κ1) is 23.6. The van der Waals surface area contributed by atoms with Crippen molar-refractivity contribution in [3.63, 3.8) is 0 Å².